The van der Waals surface area contributed by atoms with Crippen molar-refractivity contribution in [2.45, 2.75) is 0 Å². The Bertz CT molecular complexity index is 485. The predicted octanol–water partition coefficient (Wildman–Crippen LogP) is 1.92. The van der Waals surface area contributed by atoms with E-state index in [0.717, 1.165) is 6.26 Å². The number of hydrogen-bond donors (Lipinski definition) is 2. The molecule has 2 rings (SSSR count). The molecule has 0 unspecified atom stereocenters. The maximum absolute atomic E-state index is 11.7. The second-order valence-corrected chi connectivity index (χ2v) is 2.99. The molecule has 1 aromatic heterocycles. The lowest BCUT2D eigenvalue weighted by Gasteiger charge is -1.96. The number of carbonyl (C=O) groups excluding carboxylic acids is 1. The Balaban J connectivity index is 2.42. The van der Waals surface area contributed by atoms with Gasteiger partial charge in [0.25, 0.3) is 0 Å². The highest BCUT2D eigenvalue weighted by atomic mass is 16.4. The molecule has 0 aliphatic carbocycles. The molecule has 4 nitrogen and oxygen atoms in total. The van der Waals surface area contributed by atoms with Crippen molar-refractivity contribution < 1.29 is 19.4 Å². The van der Waals surface area contributed by atoms with Crippen LogP contribution in [-0.2, 0) is 0 Å². The van der Waals surface area contributed by atoms with Crippen LogP contribution in [0.15, 0.2) is 41.0 Å². The van der Waals surface area contributed by atoms with Crippen molar-refractivity contribution in [1.29, 1.82) is 0 Å². The van der Waals surface area contributed by atoms with E-state index in [1.165, 1.54) is 0 Å². The third kappa shape index (κ3) is 1.57. The zero-order chi connectivity index (χ0) is 10.8. The van der Waals surface area contributed by atoms with E-state index in [4.69, 9.17) is 9.52 Å². The highest BCUT2D eigenvalue weighted by Gasteiger charge is 2.20. The zero-order valence-electron chi connectivity index (χ0n) is 7.68. The Labute approximate surface area is 85.4 Å². The van der Waals surface area contributed by atoms with Gasteiger partial charge in [0.1, 0.15) is 6.26 Å². The molecule has 0 bridgehead atoms. The van der Waals surface area contributed by atoms with Crippen LogP contribution in [0.4, 0.5) is 0 Å². The minimum Gasteiger partial charge on any atom is -0.502 e. The van der Waals surface area contributed by atoms with Crippen LogP contribution >= 0.6 is 0 Å². The van der Waals surface area contributed by atoms with Crippen LogP contribution in [0.3, 0.4) is 0 Å². The smallest absolute Gasteiger partial charge is 0.232 e. The van der Waals surface area contributed by atoms with Gasteiger partial charge < -0.3 is 14.6 Å². The second kappa shape index (κ2) is 3.49. The molecule has 0 saturated carbocycles. The van der Waals surface area contributed by atoms with Crippen molar-refractivity contribution in [2.24, 2.45) is 0 Å². The third-order valence-electron chi connectivity index (χ3n) is 1.99. The van der Waals surface area contributed by atoms with E-state index in [1.54, 1.807) is 30.3 Å². The molecule has 0 fully saturated rings. The SMILES string of the molecule is O=C(c1ccccc1)c1occ(O)c1O. The molecule has 2 aromatic rings. The summed E-state index contributed by atoms with van der Waals surface area (Å²) in [6.07, 6.45) is 0.922. The van der Waals surface area contributed by atoms with Crippen molar-refractivity contribution >= 4 is 5.78 Å². The Morgan fingerprint density at radius 1 is 1.13 bits per heavy atom. The molecule has 1 aromatic carbocycles. The summed E-state index contributed by atoms with van der Waals surface area (Å²) in [6, 6.07) is 8.37. The minimum absolute atomic E-state index is 0.251. The van der Waals surface area contributed by atoms with Gasteiger partial charge in [-0.05, 0) is 0 Å². The first kappa shape index (κ1) is 9.33. The molecule has 2 N–H and O–H groups in total. The first-order valence-electron chi connectivity index (χ1n) is 4.29. The molecule has 0 atom stereocenters. The molecule has 0 aliphatic heterocycles. The van der Waals surface area contributed by atoms with Crippen molar-refractivity contribution in [3.63, 3.8) is 0 Å². The third-order valence-corrected chi connectivity index (χ3v) is 1.99. The van der Waals surface area contributed by atoms with Crippen LogP contribution in [0.5, 0.6) is 11.5 Å². The maximum Gasteiger partial charge on any atom is 0.232 e. The van der Waals surface area contributed by atoms with E-state index in [1.807, 2.05) is 0 Å². The Kier molecular flexibility index (Phi) is 2.17. The number of hydrogen-bond acceptors (Lipinski definition) is 4. The maximum atomic E-state index is 11.7. The molecule has 0 spiro atoms. The van der Waals surface area contributed by atoms with Gasteiger partial charge in [-0.1, -0.05) is 30.3 Å². The van der Waals surface area contributed by atoms with E-state index in [9.17, 15) is 9.90 Å². The molecule has 4 heteroatoms. The van der Waals surface area contributed by atoms with Gasteiger partial charge in [-0.15, -0.1) is 0 Å². The van der Waals surface area contributed by atoms with Crippen LogP contribution in [0.2, 0.25) is 0 Å². The fraction of sp³-hybridized carbons (Fsp3) is 0. The van der Waals surface area contributed by atoms with Crippen LogP contribution < -0.4 is 0 Å². The molecule has 0 amide bonds. The van der Waals surface area contributed by atoms with Gasteiger partial charge in [0, 0.05) is 5.56 Å². The summed E-state index contributed by atoms with van der Waals surface area (Å²) in [6.45, 7) is 0. The number of furan rings is 1. The number of rotatable bonds is 2. The molecule has 0 aliphatic rings. The largest absolute Gasteiger partial charge is 0.502 e. The van der Waals surface area contributed by atoms with Gasteiger partial charge in [0.15, 0.2) is 5.75 Å². The van der Waals surface area contributed by atoms with Crippen LogP contribution in [0.1, 0.15) is 16.1 Å². The molecular weight excluding hydrogens is 196 g/mol. The predicted molar refractivity (Wildman–Crippen MR) is 51.9 cm³/mol. The van der Waals surface area contributed by atoms with Gasteiger partial charge in [-0.2, -0.15) is 0 Å². The monoisotopic (exact) mass is 204 g/mol. The normalized spacial score (nSPS) is 10.1. The minimum atomic E-state index is -0.524. The highest BCUT2D eigenvalue weighted by Crippen LogP contribution is 2.32. The van der Waals surface area contributed by atoms with Crippen molar-refractivity contribution in [3.8, 4) is 11.5 Å². The second-order valence-electron chi connectivity index (χ2n) is 2.99. The summed E-state index contributed by atoms with van der Waals surface area (Å²) in [7, 11) is 0. The van der Waals surface area contributed by atoms with Gasteiger partial charge >= 0.3 is 0 Å². The van der Waals surface area contributed by atoms with E-state index in [-0.39, 0.29) is 5.76 Å². The summed E-state index contributed by atoms with van der Waals surface area (Å²) >= 11 is 0. The van der Waals surface area contributed by atoms with Gasteiger partial charge in [0.05, 0.1) is 0 Å². The summed E-state index contributed by atoms with van der Waals surface area (Å²) in [4.78, 5) is 11.7. The van der Waals surface area contributed by atoms with Crippen LogP contribution in [-0.4, -0.2) is 16.0 Å². The summed E-state index contributed by atoms with van der Waals surface area (Å²) < 4.78 is 4.76. The Hall–Kier alpha value is -2.23. The lowest BCUT2D eigenvalue weighted by Crippen LogP contribution is -1.99. The standard InChI is InChI=1S/C11H8O4/c12-8-6-15-11(10(8)14)9(13)7-4-2-1-3-5-7/h1-6,12,14H. The topological polar surface area (TPSA) is 70.7 Å². The van der Waals surface area contributed by atoms with E-state index in [0.29, 0.717) is 5.56 Å². The van der Waals surface area contributed by atoms with E-state index in [2.05, 4.69) is 0 Å². The van der Waals surface area contributed by atoms with Crippen LogP contribution in [0.25, 0.3) is 0 Å². The van der Waals surface area contributed by atoms with Crippen molar-refractivity contribution in [1.82, 2.24) is 0 Å². The van der Waals surface area contributed by atoms with Crippen LogP contribution in [0, 0.1) is 0 Å². The Morgan fingerprint density at radius 2 is 1.80 bits per heavy atom. The zero-order valence-corrected chi connectivity index (χ0v) is 7.68. The molecule has 0 radical (unpaired) electrons. The van der Waals surface area contributed by atoms with E-state index >= 15 is 0 Å². The summed E-state index contributed by atoms with van der Waals surface area (Å²) in [5.41, 5.74) is 0.391. The quantitative estimate of drug-likeness (QED) is 0.733. The molecule has 1 heterocycles. The van der Waals surface area contributed by atoms with Crippen molar-refractivity contribution in [3.05, 3.63) is 47.9 Å². The molecule has 0 saturated heterocycles. The lowest BCUT2D eigenvalue weighted by molar-refractivity contribution is 0.101. The first-order valence-corrected chi connectivity index (χ1v) is 4.29. The number of aromatic hydroxyl groups is 2. The molecular formula is C11H8O4. The number of carbonyl (C=O) groups is 1. The van der Waals surface area contributed by atoms with Gasteiger partial charge in [-0.3, -0.25) is 4.79 Å². The summed E-state index contributed by atoms with van der Waals surface area (Å²) in [5.74, 6) is -1.68. The number of benzene rings is 1. The lowest BCUT2D eigenvalue weighted by atomic mass is 10.1. The first-order chi connectivity index (χ1) is 7.20. The highest BCUT2D eigenvalue weighted by molar-refractivity contribution is 6.09. The van der Waals surface area contributed by atoms with Gasteiger partial charge in [0.2, 0.25) is 17.3 Å². The fourth-order valence-corrected chi connectivity index (χ4v) is 1.22. The number of ketones is 1. The van der Waals surface area contributed by atoms with E-state index < -0.39 is 17.3 Å². The van der Waals surface area contributed by atoms with Crippen molar-refractivity contribution in [2.75, 3.05) is 0 Å². The average Bonchev–Trinajstić information content (AvgIpc) is 2.60. The molecule has 15 heavy (non-hydrogen) atoms. The summed E-state index contributed by atoms with van der Waals surface area (Å²) in [5, 5.41) is 18.3. The average molecular weight is 204 g/mol. The Morgan fingerprint density at radius 3 is 2.33 bits per heavy atom. The van der Waals surface area contributed by atoms with Gasteiger partial charge in [-0.25, -0.2) is 0 Å². The fourth-order valence-electron chi connectivity index (χ4n) is 1.22. The molecule has 76 valence electrons.